The Morgan fingerprint density at radius 3 is 2.79 bits per heavy atom. The first kappa shape index (κ1) is 14.1. The van der Waals surface area contributed by atoms with Crippen molar-refractivity contribution in [2.45, 2.75) is 39.2 Å². The van der Waals surface area contributed by atoms with Crippen LogP contribution >= 0.6 is 11.6 Å². The lowest BCUT2D eigenvalue weighted by Gasteiger charge is -2.33. The lowest BCUT2D eigenvalue weighted by Crippen LogP contribution is -2.33. The Morgan fingerprint density at radius 2 is 2.11 bits per heavy atom. The lowest BCUT2D eigenvalue weighted by atomic mass is 9.80. The largest absolute Gasteiger partial charge is 0.376 e. The van der Waals surface area contributed by atoms with Gasteiger partial charge in [-0.15, -0.1) is 0 Å². The van der Waals surface area contributed by atoms with Gasteiger partial charge in [-0.05, 0) is 36.8 Å². The smallest absolute Gasteiger partial charge is 0.293 e. The van der Waals surface area contributed by atoms with Crippen molar-refractivity contribution in [1.82, 2.24) is 0 Å². The number of nitro groups is 1. The number of halogens is 1. The molecular formula is C14H19ClN2O2. The number of anilines is 1. The molecule has 2 rings (SSSR count). The third-order valence-electron chi connectivity index (χ3n) is 3.96. The van der Waals surface area contributed by atoms with Crippen molar-refractivity contribution in [3.8, 4) is 0 Å². The molecule has 19 heavy (non-hydrogen) atoms. The highest BCUT2D eigenvalue weighted by atomic mass is 35.5. The van der Waals surface area contributed by atoms with E-state index < -0.39 is 0 Å². The molecule has 1 aromatic rings. The van der Waals surface area contributed by atoms with Crippen LogP contribution in [0.1, 0.15) is 33.1 Å². The van der Waals surface area contributed by atoms with Crippen LogP contribution in [0.2, 0.25) is 5.02 Å². The van der Waals surface area contributed by atoms with Crippen molar-refractivity contribution >= 4 is 23.0 Å². The van der Waals surface area contributed by atoms with E-state index in [9.17, 15) is 10.1 Å². The number of benzene rings is 1. The first-order chi connectivity index (χ1) is 8.97. The summed E-state index contributed by atoms with van der Waals surface area (Å²) < 4.78 is 0. The highest BCUT2D eigenvalue weighted by Gasteiger charge is 2.27. The second kappa shape index (κ2) is 5.78. The maximum atomic E-state index is 11.1. The summed E-state index contributed by atoms with van der Waals surface area (Å²) >= 11 is 5.82. The predicted molar refractivity (Wildman–Crippen MR) is 77.7 cm³/mol. The first-order valence-corrected chi connectivity index (χ1v) is 7.05. The van der Waals surface area contributed by atoms with Gasteiger partial charge < -0.3 is 5.32 Å². The van der Waals surface area contributed by atoms with E-state index in [4.69, 9.17) is 11.6 Å². The Bertz CT molecular complexity index is 479. The average Bonchev–Trinajstić information content (AvgIpc) is 2.35. The number of rotatable bonds is 3. The maximum Gasteiger partial charge on any atom is 0.293 e. The Balaban J connectivity index is 2.20. The van der Waals surface area contributed by atoms with Crippen LogP contribution in [-0.4, -0.2) is 11.0 Å². The van der Waals surface area contributed by atoms with Gasteiger partial charge in [0, 0.05) is 17.1 Å². The summed E-state index contributed by atoms with van der Waals surface area (Å²) in [5.41, 5.74) is 0.623. The third-order valence-corrected chi connectivity index (χ3v) is 4.19. The van der Waals surface area contributed by atoms with E-state index in [1.165, 1.54) is 18.9 Å². The molecule has 0 bridgehead atoms. The number of nitrogens with zero attached hydrogens (tertiary/aromatic N) is 1. The number of hydrogen-bond donors (Lipinski definition) is 1. The summed E-state index contributed by atoms with van der Waals surface area (Å²) in [5.74, 6) is 1.20. The van der Waals surface area contributed by atoms with Gasteiger partial charge in [-0.3, -0.25) is 10.1 Å². The molecule has 3 unspecified atom stereocenters. The van der Waals surface area contributed by atoms with Crippen molar-refractivity contribution in [3.63, 3.8) is 0 Å². The van der Waals surface area contributed by atoms with Gasteiger partial charge in [0.05, 0.1) is 4.92 Å². The minimum absolute atomic E-state index is 0.0536. The van der Waals surface area contributed by atoms with Gasteiger partial charge in [0.2, 0.25) is 0 Å². The average molecular weight is 283 g/mol. The molecule has 4 nitrogen and oxygen atoms in total. The quantitative estimate of drug-likeness (QED) is 0.657. The molecule has 104 valence electrons. The van der Waals surface area contributed by atoms with Crippen LogP contribution in [0.3, 0.4) is 0 Å². The summed E-state index contributed by atoms with van der Waals surface area (Å²) in [6, 6.07) is 5.09. The molecule has 1 fully saturated rings. The van der Waals surface area contributed by atoms with E-state index >= 15 is 0 Å². The highest BCUT2D eigenvalue weighted by molar-refractivity contribution is 6.30. The fourth-order valence-electron chi connectivity index (χ4n) is 2.71. The zero-order valence-electron chi connectivity index (χ0n) is 11.2. The topological polar surface area (TPSA) is 55.2 Å². The standard InChI is InChI=1S/C14H19ClN2O2/c1-9-3-4-10(2)13(7-9)16-12-6-5-11(15)8-14(12)17(18)19/h5-6,8-10,13,16H,3-4,7H2,1-2H3. The predicted octanol–water partition coefficient (Wildman–Crippen LogP) is 4.48. The summed E-state index contributed by atoms with van der Waals surface area (Å²) in [4.78, 5) is 10.7. The molecular weight excluding hydrogens is 264 g/mol. The van der Waals surface area contributed by atoms with Crippen LogP contribution in [0.15, 0.2) is 18.2 Å². The highest BCUT2D eigenvalue weighted by Crippen LogP contribution is 2.34. The van der Waals surface area contributed by atoms with Crippen LogP contribution in [0.4, 0.5) is 11.4 Å². The van der Waals surface area contributed by atoms with E-state index in [2.05, 4.69) is 19.2 Å². The zero-order valence-corrected chi connectivity index (χ0v) is 12.0. The monoisotopic (exact) mass is 282 g/mol. The molecule has 0 spiro atoms. The molecule has 1 aliphatic rings. The molecule has 0 amide bonds. The molecule has 0 saturated heterocycles. The van der Waals surface area contributed by atoms with Crippen molar-refractivity contribution in [2.75, 3.05) is 5.32 Å². The van der Waals surface area contributed by atoms with Crippen LogP contribution < -0.4 is 5.32 Å². The van der Waals surface area contributed by atoms with Crippen molar-refractivity contribution in [3.05, 3.63) is 33.3 Å². The molecule has 0 aromatic heterocycles. The van der Waals surface area contributed by atoms with Crippen LogP contribution in [0.5, 0.6) is 0 Å². The van der Waals surface area contributed by atoms with Gasteiger partial charge in [-0.25, -0.2) is 0 Å². The van der Waals surface area contributed by atoms with E-state index in [1.54, 1.807) is 12.1 Å². The summed E-state index contributed by atoms with van der Waals surface area (Å²) in [6.45, 7) is 4.43. The van der Waals surface area contributed by atoms with Gasteiger partial charge in [-0.2, -0.15) is 0 Å². The molecule has 0 radical (unpaired) electrons. The van der Waals surface area contributed by atoms with Gasteiger partial charge in [0.25, 0.3) is 5.69 Å². The van der Waals surface area contributed by atoms with Gasteiger partial charge in [0.1, 0.15) is 5.69 Å². The van der Waals surface area contributed by atoms with Gasteiger partial charge >= 0.3 is 0 Å². The van der Waals surface area contributed by atoms with Gasteiger partial charge in [-0.1, -0.05) is 31.9 Å². The first-order valence-electron chi connectivity index (χ1n) is 6.68. The molecule has 5 heteroatoms. The van der Waals surface area contributed by atoms with Crippen LogP contribution in [0.25, 0.3) is 0 Å². The summed E-state index contributed by atoms with van der Waals surface area (Å²) in [7, 11) is 0. The van der Waals surface area contributed by atoms with Crippen LogP contribution in [-0.2, 0) is 0 Å². The maximum absolute atomic E-state index is 11.1. The second-order valence-electron chi connectivity index (χ2n) is 5.56. The molecule has 1 aliphatic carbocycles. The molecule has 1 N–H and O–H groups in total. The Kier molecular flexibility index (Phi) is 4.30. The number of hydrogen-bond acceptors (Lipinski definition) is 3. The number of nitro benzene ring substituents is 1. The van der Waals surface area contributed by atoms with E-state index in [0.717, 1.165) is 6.42 Å². The minimum atomic E-state index is -0.384. The fraction of sp³-hybridized carbons (Fsp3) is 0.571. The summed E-state index contributed by atoms with van der Waals surface area (Å²) in [5, 5.41) is 14.8. The molecule has 0 heterocycles. The molecule has 3 atom stereocenters. The Morgan fingerprint density at radius 1 is 1.37 bits per heavy atom. The number of nitrogens with one attached hydrogen (secondary N) is 1. The summed E-state index contributed by atoms with van der Waals surface area (Å²) in [6.07, 6.45) is 3.46. The SMILES string of the molecule is CC1CCC(C)C(Nc2ccc(Cl)cc2[N+](=O)[O-])C1. The van der Waals surface area contributed by atoms with Gasteiger partial charge in [0.15, 0.2) is 0 Å². The second-order valence-corrected chi connectivity index (χ2v) is 6.00. The van der Waals surface area contributed by atoms with E-state index in [0.29, 0.717) is 28.6 Å². The normalized spacial score (nSPS) is 27.0. The zero-order chi connectivity index (χ0) is 14.0. The van der Waals surface area contributed by atoms with Crippen LogP contribution in [0, 0.1) is 22.0 Å². The Labute approximate surface area is 118 Å². The van der Waals surface area contributed by atoms with E-state index in [1.807, 2.05) is 0 Å². The fourth-order valence-corrected chi connectivity index (χ4v) is 2.88. The minimum Gasteiger partial charge on any atom is -0.376 e. The van der Waals surface area contributed by atoms with Crippen molar-refractivity contribution < 1.29 is 4.92 Å². The Hall–Kier alpha value is -1.29. The lowest BCUT2D eigenvalue weighted by molar-refractivity contribution is -0.384. The van der Waals surface area contributed by atoms with E-state index in [-0.39, 0.29) is 10.6 Å². The molecule has 1 aromatic carbocycles. The molecule has 0 aliphatic heterocycles. The molecule has 1 saturated carbocycles. The van der Waals surface area contributed by atoms with Crippen molar-refractivity contribution in [2.24, 2.45) is 11.8 Å². The van der Waals surface area contributed by atoms with Crippen molar-refractivity contribution in [1.29, 1.82) is 0 Å². The third kappa shape index (κ3) is 3.38.